The molecule has 3 heteroatoms. The van der Waals surface area contributed by atoms with Crippen LogP contribution in [0.3, 0.4) is 0 Å². The van der Waals surface area contributed by atoms with Gasteiger partial charge in [-0.2, -0.15) is 0 Å². The van der Waals surface area contributed by atoms with Crippen molar-refractivity contribution in [3.63, 3.8) is 0 Å². The number of alkyl halides is 1. The molecule has 18 heavy (non-hydrogen) atoms. The Bertz CT molecular complexity index is 429. The first kappa shape index (κ1) is 13.7. The summed E-state index contributed by atoms with van der Waals surface area (Å²) in [6.07, 6.45) is 2.31. The Morgan fingerprint density at radius 1 is 1.33 bits per heavy atom. The van der Waals surface area contributed by atoms with Gasteiger partial charge in [-0.25, -0.2) is 0 Å². The van der Waals surface area contributed by atoms with Gasteiger partial charge in [0.2, 0.25) is 0 Å². The van der Waals surface area contributed by atoms with E-state index in [1.54, 1.807) is 7.11 Å². The summed E-state index contributed by atoms with van der Waals surface area (Å²) in [5, 5.41) is 0. The van der Waals surface area contributed by atoms with Crippen molar-refractivity contribution < 1.29 is 9.47 Å². The van der Waals surface area contributed by atoms with Gasteiger partial charge in [0.25, 0.3) is 0 Å². The Kier molecular flexibility index (Phi) is 3.90. The average molecular weight is 313 g/mol. The number of methoxy groups -OCH3 is 1. The molecule has 0 heterocycles. The molecule has 0 aliphatic heterocycles. The van der Waals surface area contributed by atoms with Crippen LogP contribution in [0.25, 0.3) is 0 Å². The van der Waals surface area contributed by atoms with Gasteiger partial charge in [-0.3, -0.25) is 0 Å². The van der Waals surface area contributed by atoms with E-state index in [4.69, 9.17) is 9.47 Å². The van der Waals surface area contributed by atoms with Crippen LogP contribution >= 0.6 is 15.9 Å². The lowest BCUT2D eigenvalue weighted by Crippen LogP contribution is -2.53. The van der Waals surface area contributed by atoms with E-state index in [2.05, 4.69) is 48.8 Å². The predicted octanol–water partition coefficient (Wildman–Crippen LogP) is 4.20. The first-order valence-corrected chi connectivity index (χ1v) is 7.38. The molecule has 2 nitrogen and oxygen atoms in total. The van der Waals surface area contributed by atoms with Gasteiger partial charge in [0.15, 0.2) is 11.5 Å². The highest BCUT2D eigenvalue weighted by atomic mass is 79.9. The highest BCUT2D eigenvalue weighted by Gasteiger charge is 2.48. The van der Waals surface area contributed by atoms with E-state index < -0.39 is 0 Å². The fourth-order valence-electron chi connectivity index (χ4n) is 2.22. The molecule has 2 rings (SSSR count). The van der Waals surface area contributed by atoms with Crippen molar-refractivity contribution in [3.05, 3.63) is 23.8 Å². The topological polar surface area (TPSA) is 18.5 Å². The summed E-state index contributed by atoms with van der Waals surface area (Å²) >= 11 is 3.68. The number of rotatable bonds is 4. The Labute approximate surface area is 118 Å². The molecule has 1 fully saturated rings. The molecule has 2 unspecified atom stereocenters. The fraction of sp³-hybridized carbons (Fsp3) is 0.600. The zero-order valence-corrected chi connectivity index (χ0v) is 13.1. The van der Waals surface area contributed by atoms with E-state index in [1.165, 1.54) is 5.56 Å². The molecule has 0 radical (unpaired) electrons. The number of hydrogen-bond donors (Lipinski definition) is 0. The molecule has 1 aliphatic rings. The highest BCUT2D eigenvalue weighted by Crippen LogP contribution is 2.48. The van der Waals surface area contributed by atoms with Gasteiger partial charge < -0.3 is 9.47 Å². The molecule has 0 bridgehead atoms. The SMILES string of the molecule is CCc1ccc(OC2CC(Br)C2(C)C)c(OC)c1. The summed E-state index contributed by atoms with van der Waals surface area (Å²) in [5.74, 6) is 1.69. The lowest BCUT2D eigenvalue weighted by Gasteiger charge is -2.48. The molecule has 0 amide bonds. The Morgan fingerprint density at radius 2 is 2.06 bits per heavy atom. The number of halogens is 1. The second-order valence-corrected chi connectivity index (χ2v) is 6.58. The van der Waals surface area contributed by atoms with Gasteiger partial charge in [-0.15, -0.1) is 0 Å². The van der Waals surface area contributed by atoms with E-state index in [0.29, 0.717) is 4.83 Å². The smallest absolute Gasteiger partial charge is 0.161 e. The molecule has 1 aromatic carbocycles. The van der Waals surface area contributed by atoms with Crippen LogP contribution < -0.4 is 9.47 Å². The van der Waals surface area contributed by atoms with Crippen molar-refractivity contribution in [1.29, 1.82) is 0 Å². The van der Waals surface area contributed by atoms with E-state index in [0.717, 1.165) is 24.3 Å². The molecule has 0 spiro atoms. The first-order chi connectivity index (χ1) is 8.48. The van der Waals surface area contributed by atoms with Gasteiger partial charge >= 0.3 is 0 Å². The first-order valence-electron chi connectivity index (χ1n) is 6.46. The van der Waals surface area contributed by atoms with Crippen LogP contribution in [0.2, 0.25) is 0 Å². The van der Waals surface area contributed by atoms with Crippen LogP contribution in [-0.2, 0) is 6.42 Å². The van der Waals surface area contributed by atoms with E-state index >= 15 is 0 Å². The van der Waals surface area contributed by atoms with Crippen LogP contribution in [-0.4, -0.2) is 18.0 Å². The van der Waals surface area contributed by atoms with Crippen LogP contribution in [0.5, 0.6) is 11.5 Å². The molecule has 0 aromatic heterocycles. The van der Waals surface area contributed by atoms with Crippen LogP contribution in [0, 0.1) is 5.41 Å². The average Bonchev–Trinajstić information content (AvgIpc) is 2.38. The van der Waals surface area contributed by atoms with Crippen molar-refractivity contribution >= 4 is 15.9 Å². The van der Waals surface area contributed by atoms with Gasteiger partial charge in [0, 0.05) is 10.2 Å². The largest absolute Gasteiger partial charge is 0.493 e. The maximum atomic E-state index is 6.10. The molecular weight excluding hydrogens is 292 g/mol. The maximum Gasteiger partial charge on any atom is 0.161 e. The van der Waals surface area contributed by atoms with Crippen LogP contribution in [0.1, 0.15) is 32.8 Å². The van der Waals surface area contributed by atoms with Crippen molar-refractivity contribution in [3.8, 4) is 11.5 Å². The van der Waals surface area contributed by atoms with E-state index in [1.807, 2.05) is 6.07 Å². The summed E-state index contributed by atoms with van der Waals surface area (Å²) in [7, 11) is 1.70. The number of ether oxygens (including phenoxy) is 2. The quantitative estimate of drug-likeness (QED) is 0.776. The van der Waals surface area contributed by atoms with Crippen LogP contribution in [0.4, 0.5) is 0 Å². The normalized spacial score (nSPS) is 25.4. The van der Waals surface area contributed by atoms with E-state index in [-0.39, 0.29) is 11.5 Å². The van der Waals surface area contributed by atoms with Gasteiger partial charge in [0.05, 0.1) is 7.11 Å². The Morgan fingerprint density at radius 3 is 2.56 bits per heavy atom. The number of benzene rings is 1. The molecule has 0 N–H and O–H groups in total. The fourth-order valence-corrected chi connectivity index (χ4v) is 2.85. The third kappa shape index (κ3) is 2.37. The third-order valence-electron chi connectivity index (χ3n) is 3.96. The number of aryl methyl sites for hydroxylation is 1. The lowest BCUT2D eigenvalue weighted by molar-refractivity contribution is -0.00928. The van der Waals surface area contributed by atoms with Crippen molar-refractivity contribution in [2.45, 2.75) is 44.5 Å². The second-order valence-electron chi connectivity index (χ2n) is 5.47. The zero-order valence-electron chi connectivity index (χ0n) is 11.5. The summed E-state index contributed by atoms with van der Waals surface area (Å²) < 4.78 is 11.5. The molecule has 1 aliphatic carbocycles. The summed E-state index contributed by atoms with van der Waals surface area (Å²) in [6, 6.07) is 6.19. The minimum Gasteiger partial charge on any atom is -0.493 e. The third-order valence-corrected chi connectivity index (χ3v) is 5.52. The molecule has 1 aromatic rings. The minimum absolute atomic E-state index is 0.175. The Balaban J connectivity index is 2.15. The molecule has 100 valence electrons. The molecular formula is C15H21BrO2. The van der Waals surface area contributed by atoms with Crippen LogP contribution in [0.15, 0.2) is 18.2 Å². The molecule has 1 saturated carbocycles. The monoisotopic (exact) mass is 312 g/mol. The van der Waals surface area contributed by atoms with Gasteiger partial charge in [-0.1, -0.05) is 42.8 Å². The van der Waals surface area contributed by atoms with Gasteiger partial charge in [0.1, 0.15) is 6.10 Å². The lowest BCUT2D eigenvalue weighted by atomic mass is 9.69. The zero-order chi connectivity index (χ0) is 13.3. The summed E-state index contributed by atoms with van der Waals surface area (Å²) in [4.78, 5) is 0.538. The Hall–Kier alpha value is -0.700. The molecule has 0 saturated heterocycles. The standard InChI is InChI=1S/C15H21BrO2/c1-5-10-6-7-11(12(8-10)17-4)18-14-9-13(16)15(14,2)3/h6-8,13-14H,5,9H2,1-4H3. The molecule has 2 atom stereocenters. The van der Waals surface area contributed by atoms with Crippen molar-refractivity contribution in [2.24, 2.45) is 5.41 Å². The second kappa shape index (κ2) is 5.12. The summed E-state index contributed by atoms with van der Waals surface area (Å²) in [5.41, 5.74) is 1.44. The minimum atomic E-state index is 0.175. The maximum absolute atomic E-state index is 6.10. The predicted molar refractivity (Wildman–Crippen MR) is 77.9 cm³/mol. The van der Waals surface area contributed by atoms with Gasteiger partial charge in [-0.05, 0) is 30.5 Å². The number of hydrogen-bond acceptors (Lipinski definition) is 2. The van der Waals surface area contributed by atoms with Crippen molar-refractivity contribution in [2.75, 3.05) is 7.11 Å². The van der Waals surface area contributed by atoms with E-state index in [9.17, 15) is 0 Å². The van der Waals surface area contributed by atoms with Crippen molar-refractivity contribution in [1.82, 2.24) is 0 Å². The highest BCUT2D eigenvalue weighted by molar-refractivity contribution is 9.09. The summed E-state index contributed by atoms with van der Waals surface area (Å²) in [6.45, 7) is 6.60.